The molecule has 3 fully saturated rings. The van der Waals surface area contributed by atoms with Crippen LogP contribution in [-0.4, -0.2) is 55.6 Å². The zero-order valence-corrected chi connectivity index (χ0v) is 21.2. The zero-order valence-electron chi connectivity index (χ0n) is 18.9. The van der Waals surface area contributed by atoms with Crippen molar-refractivity contribution in [2.45, 2.75) is 55.7 Å². The van der Waals surface area contributed by atoms with E-state index in [0.29, 0.717) is 29.0 Å². The van der Waals surface area contributed by atoms with Crippen LogP contribution in [0.4, 0.5) is 11.5 Å². The Bertz CT molecular complexity index is 1260. The van der Waals surface area contributed by atoms with E-state index in [-0.39, 0.29) is 17.4 Å². The summed E-state index contributed by atoms with van der Waals surface area (Å²) < 4.78 is 9.38. The van der Waals surface area contributed by atoms with Crippen molar-refractivity contribution >= 4 is 41.5 Å². The van der Waals surface area contributed by atoms with Gasteiger partial charge in [0, 0.05) is 24.3 Å². The molecule has 1 saturated carbocycles. The van der Waals surface area contributed by atoms with Crippen LogP contribution in [0, 0.1) is 0 Å². The fourth-order valence-electron chi connectivity index (χ4n) is 5.26. The van der Waals surface area contributed by atoms with Crippen LogP contribution in [0.1, 0.15) is 59.6 Å². The molecule has 9 nitrogen and oxygen atoms in total. The SMILES string of the molecule is C=C1CCC(n2cc(NC(=O)c3cnn4ccc(N5C[C@H]6C[C@@H]5CO6)nc34)c(C(P)P)n2)CC1. The minimum absolute atomic E-state index is 0.0246. The Morgan fingerprint density at radius 3 is 2.79 bits per heavy atom. The van der Waals surface area contributed by atoms with Crippen molar-refractivity contribution in [1.29, 1.82) is 0 Å². The molecule has 2 aliphatic heterocycles. The lowest BCUT2D eigenvalue weighted by atomic mass is 9.92. The lowest BCUT2D eigenvalue weighted by molar-refractivity contribution is 0.0988. The Balaban J connectivity index is 1.26. The number of anilines is 2. The van der Waals surface area contributed by atoms with E-state index in [4.69, 9.17) is 14.8 Å². The van der Waals surface area contributed by atoms with Gasteiger partial charge in [-0.2, -0.15) is 10.2 Å². The molecule has 0 spiro atoms. The number of allylic oxidation sites excluding steroid dienone is 1. The standard InChI is InChI=1S/C23H29N7O2P2/c1-13-2-4-14(5-3-13)30-11-18(20(27-30)23(33)34)25-22(31)17-9-24-29-7-6-19(26-21(17)29)28-10-16-8-15(28)12-32-16/h6-7,9,11,14-16,23H,1-5,8,10,12,33-34H2,(H,25,31)/t15-,16-/m1/s1. The van der Waals surface area contributed by atoms with E-state index >= 15 is 0 Å². The van der Waals surface area contributed by atoms with Gasteiger partial charge in [0.25, 0.3) is 5.91 Å². The topological polar surface area (TPSA) is 89.6 Å². The Kier molecular flexibility index (Phi) is 5.67. The van der Waals surface area contributed by atoms with Crippen molar-refractivity contribution in [2.75, 3.05) is 23.4 Å². The Hall–Kier alpha value is -2.34. The fourth-order valence-corrected chi connectivity index (χ4v) is 5.75. The first-order chi connectivity index (χ1) is 16.5. The summed E-state index contributed by atoms with van der Waals surface area (Å²) >= 11 is 0. The molecule has 3 aliphatic rings. The van der Waals surface area contributed by atoms with E-state index < -0.39 is 0 Å². The Labute approximate surface area is 202 Å². The molecule has 1 N–H and O–H groups in total. The highest BCUT2D eigenvalue weighted by molar-refractivity contribution is 7.37. The van der Waals surface area contributed by atoms with Crippen molar-refractivity contribution in [1.82, 2.24) is 24.4 Å². The maximum atomic E-state index is 13.4. The molecule has 178 valence electrons. The first-order valence-corrected chi connectivity index (χ1v) is 13.1. The van der Waals surface area contributed by atoms with Crippen LogP contribution in [0.3, 0.4) is 0 Å². The van der Waals surface area contributed by atoms with E-state index in [1.165, 1.54) is 5.57 Å². The van der Waals surface area contributed by atoms with Gasteiger partial charge in [0.1, 0.15) is 11.4 Å². The molecule has 6 rings (SSSR count). The monoisotopic (exact) mass is 497 g/mol. The fraction of sp³-hybridized carbons (Fsp3) is 0.478. The van der Waals surface area contributed by atoms with Gasteiger partial charge in [-0.15, -0.1) is 18.5 Å². The largest absolute Gasteiger partial charge is 0.374 e. The number of carbonyl (C=O) groups is 1. The number of nitrogens with one attached hydrogen (secondary N) is 1. The summed E-state index contributed by atoms with van der Waals surface area (Å²) in [5, 5.41) is 12.3. The molecule has 3 aromatic rings. The number of amides is 1. The summed E-state index contributed by atoms with van der Waals surface area (Å²) in [4.78, 5) is 20.4. The number of hydrogen-bond acceptors (Lipinski definition) is 6. The Morgan fingerprint density at radius 2 is 2.09 bits per heavy atom. The number of hydrogen-bond donors (Lipinski definition) is 1. The summed E-state index contributed by atoms with van der Waals surface area (Å²) in [5.41, 5.74) is 3.84. The van der Waals surface area contributed by atoms with E-state index in [1.807, 2.05) is 23.1 Å². The van der Waals surface area contributed by atoms with Crippen LogP contribution in [-0.2, 0) is 4.74 Å². The molecule has 0 aromatic carbocycles. The van der Waals surface area contributed by atoms with Gasteiger partial charge in [-0.05, 0) is 38.2 Å². The first-order valence-electron chi connectivity index (χ1n) is 11.8. The van der Waals surface area contributed by atoms with Crippen LogP contribution < -0.4 is 10.2 Å². The van der Waals surface area contributed by atoms with Gasteiger partial charge in [0.15, 0.2) is 5.65 Å². The van der Waals surface area contributed by atoms with Gasteiger partial charge >= 0.3 is 0 Å². The minimum Gasteiger partial charge on any atom is -0.374 e. The summed E-state index contributed by atoms with van der Waals surface area (Å²) in [6.07, 6.45) is 10.8. The molecule has 2 bridgehead atoms. The molecule has 0 radical (unpaired) electrons. The quantitative estimate of drug-likeness (QED) is 0.428. The van der Waals surface area contributed by atoms with E-state index in [9.17, 15) is 4.79 Å². The molecule has 11 heteroatoms. The maximum absolute atomic E-state index is 13.4. The van der Waals surface area contributed by atoms with Gasteiger partial charge in [-0.1, -0.05) is 12.2 Å². The third-order valence-corrected chi connectivity index (χ3v) is 7.79. The van der Waals surface area contributed by atoms with Crippen LogP contribution >= 0.6 is 18.5 Å². The van der Waals surface area contributed by atoms with Gasteiger partial charge in [-0.25, -0.2) is 9.50 Å². The number of aromatic nitrogens is 5. The molecule has 5 heterocycles. The second-order valence-corrected chi connectivity index (χ2v) is 11.7. The number of ether oxygens (including phenoxy) is 1. The highest BCUT2D eigenvalue weighted by Crippen LogP contribution is 2.37. The number of fused-ring (bicyclic) bond motifs is 3. The molecule has 1 amide bonds. The van der Waals surface area contributed by atoms with Gasteiger partial charge < -0.3 is 15.0 Å². The van der Waals surface area contributed by atoms with Crippen LogP contribution in [0.2, 0.25) is 0 Å². The van der Waals surface area contributed by atoms with Crippen molar-refractivity contribution in [3.8, 4) is 0 Å². The molecule has 1 aliphatic carbocycles. The van der Waals surface area contributed by atoms with Crippen LogP contribution in [0.5, 0.6) is 0 Å². The molecular formula is C23H29N7O2P2. The lowest BCUT2D eigenvalue weighted by Gasteiger charge is -2.27. The summed E-state index contributed by atoms with van der Waals surface area (Å²) in [6, 6.07) is 2.63. The molecule has 2 unspecified atom stereocenters. The second kappa shape index (κ2) is 8.71. The third-order valence-electron chi connectivity index (χ3n) is 7.15. The van der Waals surface area contributed by atoms with Gasteiger partial charge in [0.2, 0.25) is 0 Å². The highest BCUT2D eigenvalue weighted by Gasteiger charge is 2.39. The summed E-state index contributed by atoms with van der Waals surface area (Å²) in [7, 11) is 5.49. The maximum Gasteiger partial charge on any atom is 0.261 e. The normalized spacial score (nSPS) is 22.9. The predicted molar refractivity (Wildman–Crippen MR) is 137 cm³/mol. The number of carbonyl (C=O) groups excluding carboxylic acids is 1. The van der Waals surface area contributed by atoms with Crippen molar-refractivity contribution < 1.29 is 9.53 Å². The van der Waals surface area contributed by atoms with Gasteiger partial charge in [-0.3, -0.25) is 9.48 Å². The van der Waals surface area contributed by atoms with E-state index in [0.717, 1.165) is 56.8 Å². The van der Waals surface area contributed by atoms with Crippen molar-refractivity contribution in [2.24, 2.45) is 0 Å². The van der Waals surface area contributed by atoms with Gasteiger partial charge in [0.05, 0.1) is 42.4 Å². The average molecular weight is 497 g/mol. The van der Waals surface area contributed by atoms with Crippen molar-refractivity contribution in [3.05, 3.63) is 48.1 Å². The van der Waals surface area contributed by atoms with Crippen LogP contribution in [0.25, 0.3) is 5.65 Å². The number of nitrogens with zero attached hydrogens (tertiary/aromatic N) is 6. The zero-order chi connectivity index (χ0) is 23.4. The molecular weight excluding hydrogens is 468 g/mol. The Morgan fingerprint density at radius 1 is 1.26 bits per heavy atom. The molecule has 3 aromatic heterocycles. The first kappa shape index (κ1) is 22.1. The molecule has 34 heavy (non-hydrogen) atoms. The number of rotatable bonds is 5. The predicted octanol–water partition coefficient (Wildman–Crippen LogP) is 3.58. The smallest absolute Gasteiger partial charge is 0.261 e. The second-order valence-electron chi connectivity index (χ2n) is 9.48. The molecule has 4 atom stereocenters. The lowest BCUT2D eigenvalue weighted by Crippen LogP contribution is -2.37. The van der Waals surface area contributed by atoms with E-state index in [1.54, 1.807) is 10.7 Å². The third kappa shape index (κ3) is 3.94. The van der Waals surface area contributed by atoms with E-state index in [2.05, 4.69) is 40.4 Å². The minimum atomic E-state index is -0.237. The van der Waals surface area contributed by atoms with Crippen molar-refractivity contribution in [3.63, 3.8) is 0 Å². The van der Waals surface area contributed by atoms with Crippen LogP contribution in [0.15, 0.2) is 36.8 Å². The average Bonchev–Trinajstić information content (AvgIpc) is 3.61. The highest BCUT2D eigenvalue weighted by atomic mass is 31.1. The summed E-state index contributed by atoms with van der Waals surface area (Å²) in [6.45, 7) is 5.68. The molecule has 2 saturated heterocycles. The summed E-state index contributed by atoms with van der Waals surface area (Å²) in [5.74, 6) is 0.625. The number of morpholine rings is 1.